The van der Waals surface area contributed by atoms with Gasteiger partial charge >= 0.3 is 0 Å². The maximum Gasteiger partial charge on any atom is 0.0365 e. The van der Waals surface area contributed by atoms with Crippen LogP contribution < -0.4 is 0 Å². The number of rotatable bonds is 1. The van der Waals surface area contributed by atoms with E-state index >= 15 is 0 Å². The Hall–Kier alpha value is -0.190. The highest BCUT2D eigenvalue weighted by Gasteiger charge is 2.24. The van der Waals surface area contributed by atoms with E-state index in [0.29, 0.717) is 13.1 Å². The predicted octanol–water partition coefficient (Wildman–Crippen LogP) is 1.11. The molecule has 0 amide bonds. The van der Waals surface area contributed by atoms with E-state index in [-0.39, 0.29) is 0 Å². The Bertz CT molecular complexity index is 266. The monoisotopic (exact) mass is 191 g/mol. The summed E-state index contributed by atoms with van der Waals surface area (Å²) >= 11 is 0. The van der Waals surface area contributed by atoms with Crippen LogP contribution in [0.15, 0.2) is 11.6 Å². The van der Waals surface area contributed by atoms with Gasteiger partial charge in [0.15, 0.2) is 0 Å². The third kappa shape index (κ3) is 2.40. The van der Waals surface area contributed by atoms with Crippen LogP contribution >= 0.6 is 0 Å². The largest absolute Gasteiger partial charge is 0.290 e. The summed E-state index contributed by atoms with van der Waals surface area (Å²) in [6.45, 7) is 3.34. The third-order valence-electron chi connectivity index (χ3n) is 2.14. The number of nitrogens with zero attached hydrogens (tertiary/aromatic N) is 1. The first kappa shape index (κ1) is 9.89. The third-order valence-corrected chi connectivity index (χ3v) is 3.94. The molecular weight excluding hydrogens is 174 g/mol. The summed E-state index contributed by atoms with van der Waals surface area (Å²) in [5.74, 6) is 0. The van der Waals surface area contributed by atoms with E-state index in [1.54, 1.807) is 4.31 Å². The highest BCUT2D eigenvalue weighted by atomic mass is 32.3. The molecule has 1 aliphatic rings. The molecule has 0 saturated heterocycles. The van der Waals surface area contributed by atoms with Gasteiger partial charge in [-0.1, -0.05) is 11.6 Å². The van der Waals surface area contributed by atoms with Crippen LogP contribution in [0, 0.1) is 0 Å². The molecule has 0 bridgehead atoms. The quantitative estimate of drug-likeness (QED) is 0.631. The highest BCUT2D eigenvalue weighted by molar-refractivity contribution is 8.11. The standard InChI is InChI=1S/C8H17NO2S/c1-8-4-6-9(7-5-8)12(2,3,10)11/h4H,5-7H2,1-3H3,(H,10,11). The Morgan fingerprint density at radius 1 is 1.58 bits per heavy atom. The van der Waals surface area contributed by atoms with Gasteiger partial charge in [-0.3, -0.25) is 4.55 Å². The fourth-order valence-electron chi connectivity index (χ4n) is 1.23. The van der Waals surface area contributed by atoms with Crippen LogP contribution in [0.3, 0.4) is 0 Å². The molecule has 72 valence electrons. The van der Waals surface area contributed by atoms with E-state index in [2.05, 4.69) is 6.92 Å². The van der Waals surface area contributed by atoms with Gasteiger partial charge in [-0.05, 0) is 13.3 Å². The van der Waals surface area contributed by atoms with Crippen LogP contribution in [-0.2, 0) is 9.53 Å². The van der Waals surface area contributed by atoms with Crippen molar-refractivity contribution in [2.45, 2.75) is 13.3 Å². The van der Waals surface area contributed by atoms with E-state index < -0.39 is 9.53 Å². The summed E-state index contributed by atoms with van der Waals surface area (Å²) in [6, 6.07) is 0. The molecule has 0 fully saturated rings. The molecular formula is C8H17NO2S. The first-order valence-corrected chi connectivity index (χ1v) is 6.73. The average Bonchev–Trinajstić information content (AvgIpc) is 1.84. The van der Waals surface area contributed by atoms with Crippen molar-refractivity contribution in [3.05, 3.63) is 11.6 Å². The van der Waals surface area contributed by atoms with Gasteiger partial charge in [0.05, 0.1) is 0 Å². The van der Waals surface area contributed by atoms with Crippen molar-refractivity contribution in [1.82, 2.24) is 4.31 Å². The summed E-state index contributed by atoms with van der Waals surface area (Å²) < 4.78 is 23.0. The lowest BCUT2D eigenvalue weighted by Gasteiger charge is -2.46. The molecule has 0 aromatic carbocycles. The Morgan fingerprint density at radius 2 is 2.17 bits per heavy atom. The van der Waals surface area contributed by atoms with E-state index in [1.165, 1.54) is 18.1 Å². The van der Waals surface area contributed by atoms with Gasteiger partial charge in [-0.25, -0.2) is 4.31 Å². The Kier molecular flexibility index (Phi) is 2.19. The predicted molar refractivity (Wildman–Crippen MR) is 52.6 cm³/mol. The van der Waals surface area contributed by atoms with Crippen LogP contribution in [0.25, 0.3) is 0 Å². The zero-order chi connectivity index (χ0) is 9.43. The minimum Gasteiger partial charge on any atom is -0.290 e. The molecule has 0 aromatic rings. The maximum atomic E-state index is 11.7. The van der Waals surface area contributed by atoms with Crippen LogP contribution in [0.5, 0.6) is 0 Å². The second kappa shape index (κ2) is 2.65. The lowest BCUT2D eigenvalue weighted by Crippen LogP contribution is -2.50. The van der Waals surface area contributed by atoms with Gasteiger partial charge in [0.1, 0.15) is 0 Å². The van der Waals surface area contributed by atoms with Crippen LogP contribution in [0.4, 0.5) is 0 Å². The number of hydrogen-bond donors (Lipinski definition) is 1. The fraction of sp³-hybridized carbons (Fsp3) is 0.750. The van der Waals surface area contributed by atoms with Crippen LogP contribution in [-0.4, -0.2) is 38.7 Å². The Morgan fingerprint density at radius 3 is 2.50 bits per heavy atom. The highest BCUT2D eigenvalue weighted by Crippen LogP contribution is 2.23. The molecule has 12 heavy (non-hydrogen) atoms. The van der Waals surface area contributed by atoms with Crippen molar-refractivity contribution in [1.29, 1.82) is 0 Å². The minimum atomic E-state index is -3.47. The lowest BCUT2D eigenvalue weighted by molar-refractivity contribution is 0.381. The molecule has 0 aromatic heterocycles. The minimum absolute atomic E-state index is 0.598. The van der Waals surface area contributed by atoms with Crippen molar-refractivity contribution in [2.24, 2.45) is 0 Å². The zero-order valence-electron chi connectivity index (χ0n) is 7.91. The molecule has 0 atom stereocenters. The van der Waals surface area contributed by atoms with Crippen molar-refractivity contribution >= 4 is 9.53 Å². The Balaban J connectivity index is 2.77. The molecule has 0 aliphatic carbocycles. The first-order chi connectivity index (χ1) is 5.26. The average molecular weight is 191 g/mol. The first-order valence-electron chi connectivity index (χ1n) is 4.03. The maximum absolute atomic E-state index is 11.7. The van der Waals surface area contributed by atoms with E-state index in [1.807, 2.05) is 6.08 Å². The van der Waals surface area contributed by atoms with Gasteiger partial charge in [-0.2, -0.15) is 4.21 Å². The van der Waals surface area contributed by atoms with Crippen LogP contribution in [0.1, 0.15) is 13.3 Å². The van der Waals surface area contributed by atoms with Crippen molar-refractivity contribution < 1.29 is 8.76 Å². The fourth-order valence-corrected chi connectivity index (χ4v) is 2.34. The normalized spacial score (nSPS) is 24.3. The van der Waals surface area contributed by atoms with Gasteiger partial charge in [0.25, 0.3) is 0 Å². The summed E-state index contributed by atoms with van der Waals surface area (Å²) in [4.78, 5) is 0. The molecule has 1 rings (SSSR count). The smallest absolute Gasteiger partial charge is 0.0365 e. The van der Waals surface area contributed by atoms with Crippen molar-refractivity contribution in [3.8, 4) is 0 Å². The van der Waals surface area contributed by atoms with Gasteiger partial charge in [-0.15, -0.1) is 9.53 Å². The topological polar surface area (TPSA) is 40.5 Å². The SMILES string of the molecule is CC1=CCN(S(C)(C)(=O)O)CC1. The van der Waals surface area contributed by atoms with Crippen molar-refractivity contribution in [2.75, 3.05) is 25.6 Å². The second-order valence-corrected chi connectivity index (χ2v) is 7.81. The molecule has 0 unspecified atom stereocenters. The molecule has 3 nitrogen and oxygen atoms in total. The van der Waals surface area contributed by atoms with Crippen LogP contribution in [0.2, 0.25) is 0 Å². The molecule has 4 heteroatoms. The van der Waals surface area contributed by atoms with Gasteiger partial charge in [0.2, 0.25) is 0 Å². The lowest BCUT2D eigenvalue weighted by atomic mass is 10.1. The summed E-state index contributed by atoms with van der Waals surface area (Å²) in [5, 5.41) is 0. The van der Waals surface area contributed by atoms with E-state index in [0.717, 1.165) is 6.42 Å². The molecule has 1 N–H and O–H groups in total. The molecule has 1 aliphatic heterocycles. The second-order valence-electron chi connectivity index (χ2n) is 3.89. The van der Waals surface area contributed by atoms with E-state index in [4.69, 9.17) is 0 Å². The summed E-state index contributed by atoms with van der Waals surface area (Å²) in [5.41, 5.74) is 1.31. The van der Waals surface area contributed by atoms with Crippen molar-refractivity contribution in [3.63, 3.8) is 0 Å². The summed E-state index contributed by atoms with van der Waals surface area (Å²) in [6.07, 6.45) is 5.73. The number of hydrogen-bond acceptors (Lipinski definition) is 1. The summed E-state index contributed by atoms with van der Waals surface area (Å²) in [7, 11) is -3.47. The van der Waals surface area contributed by atoms with E-state index in [9.17, 15) is 8.76 Å². The van der Waals surface area contributed by atoms with Gasteiger partial charge in [0, 0.05) is 25.6 Å². The Labute approximate surface area is 73.8 Å². The molecule has 0 spiro atoms. The molecule has 1 heterocycles. The molecule has 0 saturated carbocycles. The van der Waals surface area contributed by atoms with Gasteiger partial charge < -0.3 is 0 Å². The molecule has 0 radical (unpaired) electrons. The zero-order valence-corrected chi connectivity index (χ0v) is 8.73.